The summed E-state index contributed by atoms with van der Waals surface area (Å²) in [7, 11) is 0. The molecule has 2 atom stereocenters. The highest BCUT2D eigenvalue weighted by atomic mass is 32.2. The van der Waals surface area contributed by atoms with Crippen molar-refractivity contribution in [3.8, 4) is 0 Å². The molecule has 15 heavy (non-hydrogen) atoms. The quantitative estimate of drug-likeness (QED) is 0.572. The highest BCUT2D eigenvalue weighted by Gasteiger charge is 2.11. The fourth-order valence-corrected chi connectivity index (χ4v) is 2.57. The first-order chi connectivity index (χ1) is 7.24. The molecule has 92 valence electrons. The lowest BCUT2D eigenvalue weighted by Crippen LogP contribution is -2.33. The zero-order valence-electron chi connectivity index (χ0n) is 11.0. The van der Waals surface area contributed by atoms with Gasteiger partial charge in [0, 0.05) is 11.8 Å². The van der Waals surface area contributed by atoms with Crippen molar-refractivity contribution in [3.05, 3.63) is 0 Å². The standard InChI is InChI=1S/C13H29NS/c1-5-8-14-13(10-12(4)7-3)11-15-9-6-2/h12-14H,5-11H2,1-4H3. The highest BCUT2D eigenvalue weighted by Crippen LogP contribution is 2.14. The smallest absolute Gasteiger partial charge is 0.0160 e. The maximum atomic E-state index is 3.67. The summed E-state index contributed by atoms with van der Waals surface area (Å²) in [5.41, 5.74) is 0. The Morgan fingerprint density at radius 2 is 1.87 bits per heavy atom. The van der Waals surface area contributed by atoms with Crippen molar-refractivity contribution in [2.24, 2.45) is 5.92 Å². The van der Waals surface area contributed by atoms with E-state index in [1.807, 2.05) is 0 Å². The Balaban J connectivity index is 3.72. The molecule has 0 aliphatic heterocycles. The normalized spacial score (nSPS) is 15.2. The van der Waals surface area contributed by atoms with Gasteiger partial charge in [-0.3, -0.25) is 0 Å². The Labute approximate surface area is 101 Å². The first-order valence-corrected chi connectivity index (χ1v) is 7.71. The molecule has 0 saturated heterocycles. The molecule has 2 unspecified atom stereocenters. The zero-order chi connectivity index (χ0) is 11.5. The molecular weight excluding hydrogens is 202 g/mol. The second-order valence-electron chi connectivity index (χ2n) is 4.48. The average molecular weight is 231 g/mol. The van der Waals surface area contributed by atoms with Gasteiger partial charge >= 0.3 is 0 Å². The van der Waals surface area contributed by atoms with E-state index in [0.29, 0.717) is 0 Å². The van der Waals surface area contributed by atoms with E-state index in [1.165, 1.54) is 43.7 Å². The average Bonchev–Trinajstić information content (AvgIpc) is 2.25. The first kappa shape index (κ1) is 15.3. The highest BCUT2D eigenvalue weighted by molar-refractivity contribution is 7.99. The van der Waals surface area contributed by atoms with Crippen molar-refractivity contribution in [1.29, 1.82) is 0 Å². The van der Waals surface area contributed by atoms with Crippen LogP contribution in [0.25, 0.3) is 0 Å². The van der Waals surface area contributed by atoms with Crippen LogP contribution in [0.3, 0.4) is 0 Å². The minimum Gasteiger partial charge on any atom is -0.313 e. The van der Waals surface area contributed by atoms with Crippen LogP contribution in [0.2, 0.25) is 0 Å². The van der Waals surface area contributed by atoms with Gasteiger partial charge in [-0.15, -0.1) is 0 Å². The van der Waals surface area contributed by atoms with Gasteiger partial charge in [-0.25, -0.2) is 0 Å². The van der Waals surface area contributed by atoms with Gasteiger partial charge < -0.3 is 5.32 Å². The lowest BCUT2D eigenvalue weighted by molar-refractivity contribution is 0.417. The molecule has 0 spiro atoms. The minimum absolute atomic E-state index is 0.733. The van der Waals surface area contributed by atoms with Gasteiger partial charge in [0.05, 0.1) is 0 Å². The summed E-state index contributed by atoms with van der Waals surface area (Å²) >= 11 is 2.10. The summed E-state index contributed by atoms with van der Waals surface area (Å²) in [4.78, 5) is 0. The van der Waals surface area contributed by atoms with Gasteiger partial charge in [0.25, 0.3) is 0 Å². The Morgan fingerprint density at radius 1 is 1.13 bits per heavy atom. The van der Waals surface area contributed by atoms with Gasteiger partial charge in [-0.2, -0.15) is 11.8 Å². The van der Waals surface area contributed by atoms with Crippen molar-refractivity contribution in [2.75, 3.05) is 18.1 Å². The second-order valence-corrected chi connectivity index (χ2v) is 5.62. The van der Waals surface area contributed by atoms with Crippen LogP contribution in [0.15, 0.2) is 0 Å². The Hall–Kier alpha value is 0.310. The van der Waals surface area contributed by atoms with Gasteiger partial charge in [0.15, 0.2) is 0 Å². The molecule has 1 N–H and O–H groups in total. The van der Waals surface area contributed by atoms with Crippen LogP contribution < -0.4 is 5.32 Å². The maximum absolute atomic E-state index is 3.67. The third kappa shape index (κ3) is 9.25. The SMILES string of the molecule is CCCNC(CSCCC)CC(C)CC. The molecule has 0 fully saturated rings. The molecule has 0 aliphatic carbocycles. The lowest BCUT2D eigenvalue weighted by atomic mass is 10.0. The van der Waals surface area contributed by atoms with Crippen LogP contribution >= 0.6 is 11.8 Å². The summed E-state index contributed by atoms with van der Waals surface area (Å²) in [6.07, 6.45) is 5.19. The van der Waals surface area contributed by atoms with E-state index in [9.17, 15) is 0 Å². The van der Waals surface area contributed by atoms with E-state index >= 15 is 0 Å². The van der Waals surface area contributed by atoms with E-state index in [2.05, 4.69) is 44.8 Å². The topological polar surface area (TPSA) is 12.0 Å². The maximum Gasteiger partial charge on any atom is 0.0160 e. The third-order valence-electron chi connectivity index (χ3n) is 2.73. The van der Waals surface area contributed by atoms with Gasteiger partial charge in [0.2, 0.25) is 0 Å². The first-order valence-electron chi connectivity index (χ1n) is 6.55. The summed E-state index contributed by atoms with van der Waals surface area (Å²) < 4.78 is 0. The largest absolute Gasteiger partial charge is 0.313 e. The summed E-state index contributed by atoms with van der Waals surface area (Å²) in [5.74, 6) is 3.46. The molecule has 0 aromatic rings. The van der Waals surface area contributed by atoms with Crippen molar-refractivity contribution >= 4 is 11.8 Å². The van der Waals surface area contributed by atoms with Crippen molar-refractivity contribution in [2.45, 2.75) is 59.4 Å². The van der Waals surface area contributed by atoms with E-state index in [-0.39, 0.29) is 0 Å². The van der Waals surface area contributed by atoms with E-state index in [0.717, 1.165) is 12.0 Å². The van der Waals surface area contributed by atoms with Crippen LogP contribution in [0.1, 0.15) is 53.4 Å². The molecule has 0 aliphatic rings. The van der Waals surface area contributed by atoms with Gasteiger partial charge in [0.1, 0.15) is 0 Å². The third-order valence-corrected chi connectivity index (χ3v) is 4.07. The monoisotopic (exact) mass is 231 g/mol. The van der Waals surface area contributed by atoms with Crippen molar-refractivity contribution in [1.82, 2.24) is 5.32 Å². The van der Waals surface area contributed by atoms with Crippen molar-refractivity contribution < 1.29 is 0 Å². The Kier molecular flexibility index (Phi) is 11.0. The predicted molar refractivity (Wildman–Crippen MR) is 73.8 cm³/mol. The van der Waals surface area contributed by atoms with Crippen LogP contribution in [0.4, 0.5) is 0 Å². The van der Waals surface area contributed by atoms with Crippen LogP contribution in [-0.4, -0.2) is 24.1 Å². The molecule has 0 heterocycles. The van der Waals surface area contributed by atoms with E-state index in [4.69, 9.17) is 0 Å². The van der Waals surface area contributed by atoms with E-state index < -0.39 is 0 Å². The number of hydrogen-bond acceptors (Lipinski definition) is 2. The lowest BCUT2D eigenvalue weighted by Gasteiger charge is -2.21. The van der Waals surface area contributed by atoms with Crippen molar-refractivity contribution in [3.63, 3.8) is 0 Å². The number of thioether (sulfide) groups is 1. The van der Waals surface area contributed by atoms with Gasteiger partial charge in [-0.1, -0.05) is 34.1 Å². The molecule has 0 amide bonds. The molecule has 0 rings (SSSR count). The molecule has 0 aromatic carbocycles. The zero-order valence-corrected chi connectivity index (χ0v) is 11.8. The predicted octanol–water partition coefficient (Wildman–Crippen LogP) is 3.93. The molecular formula is C13H29NS. The molecule has 0 saturated carbocycles. The fourth-order valence-electron chi connectivity index (χ4n) is 1.58. The summed E-state index contributed by atoms with van der Waals surface area (Å²) in [6.45, 7) is 10.3. The Bertz CT molecular complexity index is 128. The molecule has 0 bridgehead atoms. The number of rotatable bonds is 10. The fraction of sp³-hybridized carbons (Fsp3) is 1.00. The Morgan fingerprint density at radius 3 is 2.40 bits per heavy atom. The number of hydrogen-bond donors (Lipinski definition) is 1. The number of nitrogens with one attached hydrogen (secondary N) is 1. The van der Waals surface area contributed by atoms with E-state index in [1.54, 1.807) is 0 Å². The second kappa shape index (κ2) is 10.8. The minimum atomic E-state index is 0.733. The summed E-state index contributed by atoms with van der Waals surface area (Å²) in [5, 5.41) is 3.67. The molecule has 0 aromatic heterocycles. The van der Waals surface area contributed by atoms with Crippen LogP contribution in [0.5, 0.6) is 0 Å². The van der Waals surface area contributed by atoms with Crippen LogP contribution in [0, 0.1) is 5.92 Å². The van der Waals surface area contributed by atoms with Gasteiger partial charge in [-0.05, 0) is 37.5 Å². The molecule has 0 radical (unpaired) electrons. The van der Waals surface area contributed by atoms with Crippen LogP contribution in [-0.2, 0) is 0 Å². The molecule has 1 nitrogen and oxygen atoms in total. The molecule has 2 heteroatoms. The summed E-state index contributed by atoms with van der Waals surface area (Å²) in [6, 6.07) is 0.733.